The Balaban J connectivity index is 1.90. The van der Waals surface area contributed by atoms with Gasteiger partial charge in [-0.3, -0.25) is 0 Å². The Morgan fingerprint density at radius 1 is 1.19 bits per heavy atom. The molecule has 1 saturated heterocycles. The van der Waals surface area contributed by atoms with Crippen LogP contribution < -0.4 is 10.9 Å². The number of nitrogens with one attached hydrogen (secondary N) is 1. The molecule has 4 unspecified atom stereocenters. The van der Waals surface area contributed by atoms with Gasteiger partial charge < -0.3 is 34.9 Å². The van der Waals surface area contributed by atoms with E-state index in [1.165, 1.54) is 6.07 Å². The molecule has 1 fully saturated rings. The molecule has 26 heavy (non-hydrogen) atoms. The minimum atomic E-state index is -1.44. The number of hydrogen-bond acceptors (Lipinski definition) is 8. The van der Waals surface area contributed by atoms with Crippen molar-refractivity contribution in [2.75, 3.05) is 11.9 Å². The van der Waals surface area contributed by atoms with Crippen molar-refractivity contribution in [3.05, 3.63) is 46.3 Å². The lowest BCUT2D eigenvalue weighted by molar-refractivity contribution is -0.245. The maximum atomic E-state index is 11.7. The number of rotatable bonds is 4. The molecule has 3 rings (SSSR count). The molecule has 1 aromatic heterocycles. The zero-order valence-corrected chi connectivity index (χ0v) is 14.1. The predicted octanol–water partition coefficient (Wildman–Crippen LogP) is 0.0379. The fraction of sp³-hybridized carbons (Fsp3) is 0.389. The molecule has 0 amide bonds. The van der Waals surface area contributed by atoms with E-state index in [0.29, 0.717) is 16.8 Å². The minimum absolute atomic E-state index is 0.338. The minimum Gasteiger partial charge on any atom is -0.423 e. The van der Waals surface area contributed by atoms with Crippen LogP contribution in [0.3, 0.4) is 0 Å². The summed E-state index contributed by atoms with van der Waals surface area (Å²) in [6.45, 7) is 1.31. The van der Waals surface area contributed by atoms with Gasteiger partial charge in [-0.05, 0) is 24.6 Å². The van der Waals surface area contributed by atoms with Crippen molar-refractivity contribution in [1.82, 2.24) is 0 Å². The van der Waals surface area contributed by atoms with Crippen LogP contribution in [0.1, 0.15) is 12.5 Å². The number of anilines is 1. The van der Waals surface area contributed by atoms with E-state index in [9.17, 15) is 20.1 Å². The van der Waals surface area contributed by atoms with Crippen LogP contribution in [-0.4, -0.2) is 57.7 Å². The lowest BCUT2D eigenvalue weighted by Crippen LogP contribution is -2.61. The van der Waals surface area contributed by atoms with Crippen LogP contribution in [0.4, 0.5) is 5.69 Å². The lowest BCUT2D eigenvalue weighted by atomic mass is 9.96. The summed E-state index contributed by atoms with van der Waals surface area (Å²) < 4.78 is 10.3. The van der Waals surface area contributed by atoms with Gasteiger partial charge in [0, 0.05) is 23.2 Å². The van der Waals surface area contributed by atoms with Gasteiger partial charge in [0.05, 0.1) is 6.61 Å². The summed E-state index contributed by atoms with van der Waals surface area (Å²) in [6, 6.07) is 5.36. The van der Waals surface area contributed by atoms with Gasteiger partial charge >= 0.3 is 5.63 Å². The topological polar surface area (TPSA) is 132 Å². The van der Waals surface area contributed by atoms with Gasteiger partial charge in [-0.25, -0.2) is 4.79 Å². The molecule has 2 aromatic rings. The van der Waals surface area contributed by atoms with Gasteiger partial charge in [0.25, 0.3) is 0 Å². The van der Waals surface area contributed by atoms with Crippen LogP contribution in [0, 0.1) is 0 Å². The highest BCUT2D eigenvalue weighted by molar-refractivity contribution is 5.88. The van der Waals surface area contributed by atoms with Crippen LogP contribution in [-0.2, 0) is 4.74 Å². The first-order valence-corrected chi connectivity index (χ1v) is 8.22. The zero-order chi connectivity index (χ0) is 18.8. The van der Waals surface area contributed by atoms with Crippen molar-refractivity contribution in [2.45, 2.75) is 37.6 Å². The Morgan fingerprint density at radius 3 is 2.65 bits per heavy atom. The second-order valence-corrected chi connectivity index (χ2v) is 6.13. The molecule has 140 valence electrons. The van der Waals surface area contributed by atoms with Gasteiger partial charge in [0.15, 0.2) is 6.29 Å². The predicted molar refractivity (Wildman–Crippen MR) is 94.6 cm³/mol. The van der Waals surface area contributed by atoms with E-state index in [4.69, 9.17) is 14.3 Å². The zero-order valence-electron chi connectivity index (χ0n) is 14.1. The molecule has 0 aliphatic carbocycles. The Labute approximate surface area is 149 Å². The molecular weight excluding hydrogens is 342 g/mol. The molecule has 2 heterocycles. The molecule has 5 N–H and O–H groups in total. The summed E-state index contributed by atoms with van der Waals surface area (Å²) in [4.78, 5) is 11.7. The van der Waals surface area contributed by atoms with Crippen LogP contribution in [0.2, 0.25) is 0 Å². The second kappa shape index (κ2) is 7.56. The molecule has 0 spiro atoms. The summed E-state index contributed by atoms with van der Waals surface area (Å²) in [6.07, 6.45) is -1.64. The SMILES string of the molecule is C/C=C/c1cc(=O)oc2cc(NC3C(O)OC(CO)[C@H](O)C3O)ccc12. The largest absolute Gasteiger partial charge is 0.423 e. The molecule has 0 bridgehead atoms. The van der Waals surface area contributed by atoms with E-state index in [2.05, 4.69) is 5.32 Å². The first kappa shape index (κ1) is 18.6. The highest BCUT2D eigenvalue weighted by Gasteiger charge is 2.43. The van der Waals surface area contributed by atoms with Crippen LogP contribution in [0.25, 0.3) is 17.0 Å². The smallest absolute Gasteiger partial charge is 0.336 e. The third kappa shape index (κ3) is 3.50. The number of aliphatic hydroxyl groups excluding tert-OH is 4. The maximum absolute atomic E-state index is 11.7. The Hall–Kier alpha value is -2.23. The summed E-state index contributed by atoms with van der Waals surface area (Å²) in [5.74, 6) is 0. The van der Waals surface area contributed by atoms with Crippen molar-refractivity contribution < 1.29 is 29.6 Å². The third-order valence-electron chi connectivity index (χ3n) is 4.36. The summed E-state index contributed by atoms with van der Waals surface area (Å²) in [5.41, 5.74) is 1.02. The highest BCUT2D eigenvalue weighted by Crippen LogP contribution is 2.26. The summed E-state index contributed by atoms with van der Waals surface area (Å²) in [5, 5.41) is 42.9. The number of ether oxygens (including phenoxy) is 1. The van der Waals surface area contributed by atoms with Crippen molar-refractivity contribution in [2.24, 2.45) is 0 Å². The van der Waals surface area contributed by atoms with Gasteiger partial charge in [-0.2, -0.15) is 0 Å². The summed E-state index contributed by atoms with van der Waals surface area (Å²) >= 11 is 0. The van der Waals surface area contributed by atoms with Crippen molar-refractivity contribution in [1.29, 1.82) is 0 Å². The number of aliphatic hydroxyl groups is 4. The summed E-state index contributed by atoms with van der Waals surface area (Å²) in [7, 11) is 0. The van der Waals surface area contributed by atoms with Gasteiger partial charge in [0.2, 0.25) is 0 Å². The molecule has 8 heteroatoms. The Morgan fingerprint density at radius 2 is 1.96 bits per heavy atom. The fourth-order valence-electron chi connectivity index (χ4n) is 3.04. The van der Waals surface area contributed by atoms with Gasteiger partial charge in [0.1, 0.15) is 29.9 Å². The van der Waals surface area contributed by atoms with Crippen LogP contribution >= 0.6 is 0 Å². The molecule has 5 atom stereocenters. The quantitative estimate of drug-likeness (QED) is 0.481. The first-order chi connectivity index (χ1) is 12.4. The second-order valence-electron chi connectivity index (χ2n) is 6.13. The van der Waals surface area contributed by atoms with E-state index in [-0.39, 0.29) is 0 Å². The van der Waals surface area contributed by atoms with Crippen molar-refractivity contribution in [3.8, 4) is 0 Å². The molecule has 0 saturated carbocycles. The fourth-order valence-corrected chi connectivity index (χ4v) is 3.04. The molecule has 1 aromatic carbocycles. The first-order valence-electron chi connectivity index (χ1n) is 8.22. The standard InChI is InChI=1S/C18H21NO7/c1-2-3-9-6-14(21)25-12-7-10(4-5-11(9)12)19-15-17(23)16(22)13(8-20)26-18(15)24/h2-7,13,15-20,22-24H,8H2,1H3/b3-2+/t13?,15?,16-,17?,18?/m0/s1. The number of fused-ring (bicyclic) bond motifs is 1. The molecule has 1 aliphatic heterocycles. The van der Waals surface area contributed by atoms with Crippen LogP contribution in [0.5, 0.6) is 0 Å². The highest BCUT2D eigenvalue weighted by atomic mass is 16.6. The van der Waals surface area contributed by atoms with E-state index in [0.717, 1.165) is 5.39 Å². The number of benzene rings is 1. The van der Waals surface area contributed by atoms with Gasteiger partial charge in [-0.15, -0.1) is 0 Å². The van der Waals surface area contributed by atoms with E-state index in [1.54, 1.807) is 24.3 Å². The van der Waals surface area contributed by atoms with E-state index >= 15 is 0 Å². The van der Waals surface area contributed by atoms with E-state index < -0.39 is 42.9 Å². The lowest BCUT2D eigenvalue weighted by Gasteiger charge is -2.40. The number of allylic oxidation sites excluding steroid dienone is 1. The average Bonchev–Trinajstić information content (AvgIpc) is 2.61. The Bertz CT molecular complexity index is 862. The Kier molecular flexibility index (Phi) is 5.40. The normalized spacial score (nSPS) is 29.3. The van der Waals surface area contributed by atoms with Gasteiger partial charge in [-0.1, -0.05) is 12.2 Å². The molecule has 1 aliphatic rings. The third-order valence-corrected chi connectivity index (χ3v) is 4.36. The number of hydrogen-bond donors (Lipinski definition) is 5. The average molecular weight is 363 g/mol. The molecular formula is C18H21NO7. The van der Waals surface area contributed by atoms with E-state index in [1.807, 2.05) is 13.0 Å². The monoisotopic (exact) mass is 363 g/mol. The molecule has 0 radical (unpaired) electrons. The van der Waals surface area contributed by atoms with Crippen LogP contribution in [0.15, 0.2) is 39.6 Å². The van der Waals surface area contributed by atoms with Crippen molar-refractivity contribution in [3.63, 3.8) is 0 Å². The maximum Gasteiger partial charge on any atom is 0.336 e. The van der Waals surface area contributed by atoms with Crippen molar-refractivity contribution >= 4 is 22.7 Å². The molecule has 8 nitrogen and oxygen atoms in total.